The van der Waals surface area contributed by atoms with Gasteiger partial charge in [0, 0.05) is 0 Å². The van der Waals surface area contributed by atoms with Crippen LogP contribution in [0.15, 0.2) is 35.2 Å². The molecule has 0 fully saturated rings. The van der Waals surface area contributed by atoms with E-state index in [0.29, 0.717) is 6.42 Å². The molecule has 0 spiro atoms. The van der Waals surface area contributed by atoms with Crippen molar-refractivity contribution in [1.29, 1.82) is 0 Å². The molecule has 4 heteroatoms. The van der Waals surface area contributed by atoms with E-state index in [1.807, 2.05) is 12.1 Å². The lowest BCUT2D eigenvalue weighted by molar-refractivity contribution is 0.481. The van der Waals surface area contributed by atoms with Gasteiger partial charge >= 0.3 is 0 Å². The van der Waals surface area contributed by atoms with Crippen molar-refractivity contribution in [3.05, 3.63) is 41.5 Å². The van der Waals surface area contributed by atoms with Crippen molar-refractivity contribution in [3.63, 3.8) is 0 Å². The van der Waals surface area contributed by atoms with Gasteiger partial charge in [-0.25, -0.2) is 0 Å². The molecule has 0 heterocycles. The molecule has 2 aromatic carbocycles. The number of hydrogen-bond acceptors (Lipinski definition) is 2. The molecular weight excluding hydrogens is 561 g/mol. The molecule has 2 aromatic rings. The minimum Gasteiger partial charge on any atom is -0.282 e. The van der Waals surface area contributed by atoms with Crippen LogP contribution in [0.3, 0.4) is 0 Å². The molecule has 0 aliphatic carbocycles. The number of unbranched alkanes of at least 4 members (excludes halogenated alkanes) is 24. The first kappa shape index (κ1) is 38.8. The van der Waals surface area contributed by atoms with E-state index in [9.17, 15) is 13.0 Å². The minimum absolute atomic E-state index is 0.0991. The standard InChI is InChI=1S/C40H68O3S/c1-3-5-7-9-11-13-15-17-19-21-23-25-27-30-36-32-29-33-37-35-40(44(41,42)43)38(34-39(36)37)31-28-26-24-22-20-18-16-14-12-10-8-6-4-2/h29,32-35H,3-28,30-31H2,1-2H3,(H,41,42,43). The maximum Gasteiger partial charge on any atom is 0.294 e. The third kappa shape index (κ3) is 17.3. The third-order valence-electron chi connectivity index (χ3n) is 9.53. The van der Waals surface area contributed by atoms with E-state index in [4.69, 9.17) is 0 Å². The Morgan fingerprint density at radius 1 is 0.477 bits per heavy atom. The van der Waals surface area contributed by atoms with E-state index in [0.717, 1.165) is 35.6 Å². The van der Waals surface area contributed by atoms with Gasteiger partial charge in [-0.3, -0.25) is 4.55 Å². The summed E-state index contributed by atoms with van der Waals surface area (Å²) in [6, 6.07) is 9.98. The average molecular weight is 629 g/mol. The van der Waals surface area contributed by atoms with Crippen LogP contribution in [0.5, 0.6) is 0 Å². The number of benzene rings is 2. The van der Waals surface area contributed by atoms with E-state index >= 15 is 0 Å². The largest absolute Gasteiger partial charge is 0.294 e. The Bertz CT molecular complexity index is 1090. The highest BCUT2D eigenvalue weighted by Crippen LogP contribution is 2.29. The summed E-state index contributed by atoms with van der Waals surface area (Å²) in [7, 11) is -4.25. The summed E-state index contributed by atoms with van der Waals surface area (Å²) >= 11 is 0. The molecule has 2 rings (SSSR count). The monoisotopic (exact) mass is 628 g/mol. The molecule has 0 saturated heterocycles. The van der Waals surface area contributed by atoms with Crippen LogP contribution < -0.4 is 0 Å². The molecule has 44 heavy (non-hydrogen) atoms. The van der Waals surface area contributed by atoms with Crippen molar-refractivity contribution in [1.82, 2.24) is 0 Å². The molecule has 0 aromatic heterocycles. The zero-order chi connectivity index (χ0) is 31.7. The van der Waals surface area contributed by atoms with Gasteiger partial charge in [-0.1, -0.05) is 186 Å². The fraction of sp³-hybridized carbons (Fsp3) is 0.750. The van der Waals surface area contributed by atoms with Gasteiger partial charge in [0.1, 0.15) is 0 Å². The van der Waals surface area contributed by atoms with E-state index in [1.54, 1.807) is 6.07 Å². The maximum absolute atomic E-state index is 12.3. The van der Waals surface area contributed by atoms with E-state index in [-0.39, 0.29) is 4.90 Å². The number of rotatable bonds is 29. The zero-order valence-corrected chi connectivity index (χ0v) is 29.7. The highest BCUT2D eigenvalue weighted by atomic mass is 32.2. The fourth-order valence-corrected chi connectivity index (χ4v) is 7.50. The summed E-state index contributed by atoms with van der Waals surface area (Å²) < 4.78 is 34.6. The molecule has 3 nitrogen and oxygen atoms in total. The first-order valence-corrected chi connectivity index (χ1v) is 20.4. The highest BCUT2D eigenvalue weighted by Gasteiger charge is 2.17. The van der Waals surface area contributed by atoms with Crippen molar-refractivity contribution >= 4 is 20.9 Å². The van der Waals surface area contributed by atoms with Gasteiger partial charge in [0.2, 0.25) is 0 Å². The lowest BCUT2D eigenvalue weighted by atomic mass is 9.95. The summed E-state index contributed by atoms with van der Waals surface area (Å²) in [5.41, 5.74) is 2.08. The summed E-state index contributed by atoms with van der Waals surface area (Å²) in [6.45, 7) is 4.55. The molecular formula is C40H68O3S. The smallest absolute Gasteiger partial charge is 0.282 e. The van der Waals surface area contributed by atoms with Gasteiger partial charge < -0.3 is 0 Å². The predicted molar refractivity (Wildman–Crippen MR) is 193 cm³/mol. The molecule has 0 atom stereocenters. The zero-order valence-electron chi connectivity index (χ0n) is 28.9. The van der Waals surface area contributed by atoms with E-state index in [1.165, 1.54) is 160 Å². The van der Waals surface area contributed by atoms with Crippen molar-refractivity contribution in [2.45, 2.75) is 199 Å². The minimum atomic E-state index is -4.25. The van der Waals surface area contributed by atoms with Crippen LogP contribution in [0, 0.1) is 0 Å². The lowest BCUT2D eigenvalue weighted by Crippen LogP contribution is -2.04. The van der Waals surface area contributed by atoms with Crippen LogP contribution in [0.4, 0.5) is 0 Å². The Labute approximate surface area is 273 Å². The van der Waals surface area contributed by atoms with Crippen LogP contribution in [0.1, 0.15) is 192 Å². The second kappa shape index (κ2) is 24.8. The first-order chi connectivity index (χ1) is 21.5. The molecule has 0 unspecified atom stereocenters. The Hall–Kier alpha value is -1.39. The molecule has 0 amide bonds. The Morgan fingerprint density at radius 3 is 1.23 bits per heavy atom. The number of aryl methyl sites for hydroxylation is 2. The van der Waals surface area contributed by atoms with Crippen molar-refractivity contribution in [2.75, 3.05) is 0 Å². The number of fused-ring (bicyclic) bond motifs is 1. The van der Waals surface area contributed by atoms with Gasteiger partial charge in [0.05, 0.1) is 4.90 Å². The van der Waals surface area contributed by atoms with Crippen LogP contribution in [-0.2, 0) is 23.0 Å². The summed E-state index contributed by atoms with van der Waals surface area (Å²) in [6.07, 6.45) is 36.1. The van der Waals surface area contributed by atoms with Crippen LogP contribution >= 0.6 is 0 Å². The Balaban J connectivity index is 1.72. The van der Waals surface area contributed by atoms with Crippen molar-refractivity contribution in [3.8, 4) is 0 Å². The normalized spacial score (nSPS) is 12.0. The quantitative estimate of drug-likeness (QED) is 0.0720. The second-order valence-electron chi connectivity index (χ2n) is 13.6. The van der Waals surface area contributed by atoms with Crippen LogP contribution in [0.2, 0.25) is 0 Å². The van der Waals surface area contributed by atoms with Gasteiger partial charge in [-0.05, 0) is 59.7 Å². The van der Waals surface area contributed by atoms with Gasteiger partial charge in [0.25, 0.3) is 10.1 Å². The summed E-state index contributed by atoms with van der Waals surface area (Å²) in [5, 5.41) is 2.07. The van der Waals surface area contributed by atoms with E-state index < -0.39 is 10.1 Å². The van der Waals surface area contributed by atoms with Crippen LogP contribution in [0.25, 0.3) is 10.8 Å². The molecule has 252 valence electrons. The summed E-state index contributed by atoms with van der Waals surface area (Å²) in [5.74, 6) is 0. The molecule has 0 aliphatic heterocycles. The summed E-state index contributed by atoms with van der Waals surface area (Å²) in [4.78, 5) is 0.0991. The molecule has 0 bridgehead atoms. The Kier molecular flexibility index (Phi) is 21.9. The number of hydrogen-bond donors (Lipinski definition) is 1. The van der Waals surface area contributed by atoms with Crippen molar-refractivity contribution in [2.24, 2.45) is 0 Å². The van der Waals surface area contributed by atoms with Gasteiger partial charge in [0.15, 0.2) is 0 Å². The molecule has 0 radical (unpaired) electrons. The third-order valence-corrected chi connectivity index (χ3v) is 10.5. The van der Waals surface area contributed by atoms with Gasteiger partial charge in [-0.2, -0.15) is 8.42 Å². The Morgan fingerprint density at radius 2 is 0.841 bits per heavy atom. The molecule has 0 saturated carbocycles. The molecule has 1 N–H and O–H groups in total. The second-order valence-corrected chi connectivity index (χ2v) is 14.9. The lowest BCUT2D eigenvalue weighted by Gasteiger charge is -2.13. The van der Waals surface area contributed by atoms with Crippen molar-refractivity contribution < 1.29 is 13.0 Å². The average Bonchev–Trinajstić information content (AvgIpc) is 3.01. The SMILES string of the molecule is CCCCCCCCCCCCCCCc1cc2c(CCCCCCCCCCCCCCC)cccc2cc1S(=O)(=O)O. The maximum atomic E-state index is 12.3. The molecule has 0 aliphatic rings. The first-order valence-electron chi connectivity index (χ1n) is 19.0. The highest BCUT2D eigenvalue weighted by molar-refractivity contribution is 7.85. The fourth-order valence-electron chi connectivity index (χ4n) is 6.73. The van der Waals surface area contributed by atoms with E-state index in [2.05, 4.69) is 26.0 Å². The topological polar surface area (TPSA) is 54.4 Å². The predicted octanol–water partition coefficient (Wildman–Crippen LogP) is 13.4. The van der Waals surface area contributed by atoms with Crippen LogP contribution in [-0.4, -0.2) is 13.0 Å². The van der Waals surface area contributed by atoms with Gasteiger partial charge in [-0.15, -0.1) is 0 Å².